The second kappa shape index (κ2) is 13.1. The summed E-state index contributed by atoms with van der Waals surface area (Å²) in [5.41, 5.74) is -1.79. The number of alkyl halides is 2. The van der Waals surface area contributed by atoms with Gasteiger partial charge in [0.05, 0.1) is 31.3 Å². The van der Waals surface area contributed by atoms with E-state index in [9.17, 15) is 14.4 Å². The molecule has 11 nitrogen and oxygen atoms in total. The quantitative estimate of drug-likeness (QED) is 0.317. The van der Waals surface area contributed by atoms with Gasteiger partial charge in [-0.1, -0.05) is 47.6 Å². The van der Waals surface area contributed by atoms with E-state index in [4.69, 9.17) is 18.9 Å². The first kappa shape index (κ1) is 35.3. The minimum atomic E-state index is -3.57. The zero-order chi connectivity index (χ0) is 35.2. The van der Waals surface area contributed by atoms with E-state index in [0.29, 0.717) is 25.0 Å². The Morgan fingerprint density at radius 3 is 2.58 bits per heavy atom. The van der Waals surface area contributed by atoms with Gasteiger partial charge in [-0.3, -0.25) is 4.79 Å². The number of aromatic nitrogens is 2. The van der Waals surface area contributed by atoms with Gasteiger partial charge in [0.25, 0.3) is 0 Å². The van der Waals surface area contributed by atoms with Crippen LogP contribution in [0.1, 0.15) is 73.4 Å². The van der Waals surface area contributed by atoms with Gasteiger partial charge in [-0.15, -0.1) is 0 Å². The summed E-state index contributed by atoms with van der Waals surface area (Å²) in [4.78, 5) is 51.3. The Bertz CT molecular complexity index is 1590. The summed E-state index contributed by atoms with van der Waals surface area (Å²) in [6.45, 7) is 12.6. The summed E-state index contributed by atoms with van der Waals surface area (Å²) in [5, 5.41) is 2.77. The van der Waals surface area contributed by atoms with Crippen LogP contribution in [-0.2, 0) is 25.0 Å². The van der Waals surface area contributed by atoms with Crippen molar-refractivity contribution in [3.63, 3.8) is 0 Å². The molecule has 13 heteroatoms. The molecular formula is C35H46F2N4O7. The Morgan fingerprint density at radius 2 is 1.92 bits per heavy atom. The number of nitrogens with zero attached hydrogens (tertiary/aromatic N) is 3. The van der Waals surface area contributed by atoms with Gasteiger partial charge >= 0.3 is 18.0 Å². The number of amides is 2. The molecule has 6 atom stereocenters. The molecule has 2 aromatic rings. The summed E-state index contributed by atoms with van der Waals surface area (Å²) < 4.78 is 54.9. The topological polar surface area (TPSA) is 129 Å². The lowest BCUT2D eigenvalue weighted by atomic mass is 9.85. The highest BCUT2D eigenvalue weighted by Crippen LogP contribution is 2.50. The number of carbonyl (C=O) groups is 3. The van der Waals surface area contributed by atoms with Gasteiger partial charge in [-0.25, -0.2) is 19.6 Å². The van der Waals surface area contributed by atoms with E-state index in [1.807, 2.05) is 13.8 Å². The summed E-state index contributed by atoms with van der Waals surface area (Å²) in [6.07, 6.45) is 1.84. The molecule has 0 unspecified atom stereocenters. The molecule has 3 aliphatic rings. The Kier molecular flexibility index (Phi) is 9.64. The zero-order valence-corrected chi connectivity index (χ0v) is 28.8. The van der Waals surface area contributed by atoms with Crippen LogP contribution in [0.2, 0.25) is 0 Å². The molecule has 2 aliphatic heterocycles. The molecule has 2 bridgehead atoms. The lowest BCUT2D eigenvalue weighted by Crippen LogP contribution is -2.57. The number of nitrogens with one attached hydrogen (secondary N) is 1. The second-order valence-corrected chi connectivity index (χ2v) is 14.9. The summed E-state index contributed by atoms with van der Waals surface area (Å²) in [7, 11) is 1.48. The molecular weight excluding hydrogens is 626 g/mol. The molecule has 0 radical (unpaired) electrons. The predicted molar refractivity (Wildman–Crippen MR) is 173 cm³/mol. The maximum atomic E-state index is 16.0. The molecule has 1 aromatic heterocycles. The number of fused-ring (bicyclic) bond motifs is 5. The van der Waals surface area contributed by atoms with Crippen molar-refractivity contribution in [1.82, 2.24) is 20.2 Å². The average molecular weight is 673 g/mol. The first-order chi connectivity index (χ1) is 22.4. The third-order valence-corrected chi connectivity index (χ3v) is 9.36. The van der Waals surface area contributed by atoms with Gasteiger partial charge in [0.15, 0.2) is 5.69 Å². The molecule has 2 amide bonds. The molecule has 1 aliphatic carbocycles. The number of alkyl carbamates (subject to hydrolysis) is 1. The standard InChI is InChI=1S/C35H46F2N4O7/c1-19(2)18-46-31(43)26-20(3)25-17-41(26)30(42)28(33(4,5)6)40-32(44)48-34(7)16-21(34)11-9-10-14-35(36,37)27-29(47-25)39-24-15-22(45-8)12-13-23(24)38-27/h10,12-15,19-21,25-26,28H,9,11,16-18H2,1-8H3,(H,40,44)/b14-10+/t20-,21-,25+,26+,28-,34-/m1/s1. The van der Waals surface area contributed by atoms with Crippen molar-refractivity contribution in [3.8, 4) is 11.6 Å². The lowest BCUT2D eigenvalue weighted by molar-refractivity contribution is -0.156. The minimum absolute atomic E-state index is 0.0265. The summed E-state index contributed by atoms with van der Waals surface area (Å²) in [6, 6.07) is 2.49. The van der Waals surface area contributed by atoms with Gasteiger partial charge in [0.2, 0.25) is 11.8 Å². The van der Waals surface area contributed by atoms with E-state index in [0.717, 1.165) is 6.08 Å². The minimum Gasteiger partial charge on any atom is -0.497 e. The maximum absolute atomic E-state index is 16.0. The molecule has 1 saturated heterocycles. The fraction of sp³-hybridized carbons (Fsp3) is 0.629. The van der Waals surface area contributed by atoms with Gasteiger partial charge in [0.1, 0.15) is 29.5 Å². The third-order valence-electron chi connectivity index (χ3n) is 9.36. The van der Waals surface area contributed by atoms with Crippen molar-refractivity contribution in [3.05, 3.63) is 36.0 Å². The van der Waals surface area contributed by atoms with E-state index in [1.165, 1.54) is 18.1 Å². The Morgan fingerprint density at radius 1 is 1.19 bits per heavy atom. The molecule has 48 heavy (non-hydrogen) atoms. The van der Waals surface area contributed by atoms with Crippen LogP contribution in [0.3, 0.4) is 0 Å². The fourth-order valence-corrected chi connectivity index (χ4v) is 6.34. The van der Waals surface area contributed by atoms with Crippen LogP contribution in [0.15, 0.2) is 30.4 Å². The third kappa shape index (κ3) is 7.34. The SMILES string of the molecule is COc1ccc2nc3c(nc2c1)O[C@H]1CN(C(=O)[C@H](C(C)(C)C)NC(=O)O[C@]2(C)C[C@H]2CC/C=C/C3(F)F)[C@H](C(=O)OCC(C)C)[C@@H]1C. The van der Waals surface area contributed by atoms with Crippen molar-refractivity contribution in [1.29, 1.82) is 0 Å². The van der Waals surface area contributed by atoms with Crippen LogP contribution in [-0.4, -0.2) is 76.9 Å². The molecule has 1 N–H and O–H groups in total. The summed E-state index contributed by atoms with van der Waals surface area (Å²) in [5.74, 6) is -5.48. The number of esters is 1. The number of hydrogen-bond donors (Lipinski definition) is 1. The van der Waals surface area contributed by atoms with Gasteiger partial charge in [0, 0.05) is 17.9 Å². The number of benzene rings is 1. The molecule has 262 valence electrons. The Labute approximate surface area is 279 Å². The monoisotopic (exact) mass is 672 g/mol. The first-order valence-corrected chi connectivity index (χ1v) is 16.5. The Hall–Kier alpha value is -4.03. The normalized spacial score (nSPS) is 29.8. The van der Waals surface area contributed by atoms with Gasteiger partial charge < -0.3 is 29.2 Å². The molecule has 5 rings (SSSR count). The largest absolute Gasteiger partial charge is 0.497 e. The zero-order valence-electron chi connectivity index (χ0n) is 28.8. The van der Waals surface area contributed by atoms with Crippen LogP contribution >= 0.6 is 0 Å². The number of ether oxygens (including phenoxy) is 4. The van der Waals surface area contributed by atoms with Crippen LogP contribution < -0.4 is 14.8 Å². The Balaban J connectivity index is 1.61. The van der Waals surface area contributed by atoms with Gasteiger partial charge in [-0.05, 0) is 55.7 Å². The van der Waals surface area contributed by atoms with E-state index in [2.05, 4.69) is 15.3 Å². The average Bonchev–Trinajstić information content (AvgIpc) is 3.52. The van der Waals surface area contributed by atoms with Crippen molar-refractivity contribution >= 4 is 29.0 Å². The number of hydrogen-bond acceptors (Lipinski definition) is 9. The number of rotatable bonds is 4. The number of methoxy groups -OCH3 is 1. The van der Waals surface area contributed by atoms with E-state index < -0.39 is 70.6 Å². The van der Waals surface area contributed by atoms with Gasteiger partial charge in [-0.2, -0.15) is 8.78 Å². The van der Waals surface area contributed by atoms with Crippen LogP contribution in [0, 0.1) is 23.2 Å². The van der Waals surface area contributed by atoms with Crippen molar-refractivity contribution in [2.24, 2.45) is 23.2 Å². The maximum Gasteiger partial charge on any atom is 0.408 e. The van der Waals surface area contributed by atoms with Crippen molar-refractivity contribution in [2.45, 2.75) is 97.4 Å². The predicted octanol–water partition coefficient (Wildman–Crippen LogP) is 5.79. The second-order valence-electron chi connectivity index (χ2n) is 14.9. The number of halogens is 2. The van der Waals surface area contributed by atoms with E-state index in [-0.39, 0.29) is 36.0 Å². The highest BCUT2D eigenvalue weighted by molar-refractivity contribution is 5.91. The van der Waals surface area contributed by atoms with Crippen LogP contribution in [0.25, 0.3) is 11.0 Å². The van der Waals surface area contributed by atoms with Crippen molar-refractivity contribution in [2.75, 3.05) is 20.3 Å². The van der Waals surface area contributed by atoms with Crippen molar-refractivity contribution < 1.29 is 42.1 Å². The first-order valence-electron chi connectivity index (χ1n) is 16.5. The molecule has 1 aromatic carbocycles. The number of carbonyl (C=O) groups excluding carboxylic acids is 3. The number of allylic oxidation sites excluding steroid dienone is 2. The van der Waals surface area contributed by atoms with Crippen LogP contribution in [0.5, 0.6) is 11.6 Å². The lowest BCUT2D eigenvalue weighted by Gasteiger charge is -2.35. The van der Waals surface area contributed by atoms with Crippen LogP contribution in [0.4, 0.5) is 13.6 Å². The molecule has 1 saturated carbocycles. The molecule has 2 fully saturated rings. The molecule has 3 heterocycles. The van der Waals surface area contributed by atoms with E-state index in [1.54, 1.807) is 52.8 Å². The smallest absolute Gasteiger partial charge is 0.408 e. The van der Waals surface area contributed by atoms with E-state index >= 15 is 8.78 Å². The molecule has 0 spiro atoms. The summed E-state index contributed by atoms with van der Waals surface area (Å²) >= 11 is 0. The fourth-order valence-electron chi connectivity index (χ4n) is 6.34. The highest BCUT2D eigenvalue weighted by atomic mass is 19.3. The highest BCUT2D eigenvalue weighted by Gasteiger charge is 2.55.